The van der Waals surface area contributed by atoms with Crippen molar-refractivity contribution >= 4 is 11.8 Å². The molecule has 1 aromatic carbocycles. The number of hydrogen-bond donors (Lipinski definition) is 1. The van der Waals surface area contributed by atoms with Crippen LogP contribution in [0.4, 0.5) is 0 Å². The van der Waals surface area contributed by atoms with E-state index < -0.39 is 6.10 Å². The molecule has 2 aliphatic rings. The minimum Gasteiger partial charge on any atom is -0.387 e. The number of aliphatic hydroxyl groups is 1. The molecule has 3 unspecified atom stereocenters. The lowest BCUT2D eigenvalue weighted by Crippen LogP contribution is -2.42. The molecule has 3 rings (SSSR count). The Morgan fingerprint density at radius 3 is 2.78 bits per heavy atom. The molecule has 0 spiro atoms. The summed E-state index contributed by atoms with van der Waals surface area (Å²) in [4.78, 5) is 2.42. The Bertz CT molecular complexity index is 531. The molecule has 2 aliphatic heterocycles. The normalized spacial score (nSPS) is 25.6. The highest BCUT2D eigenvalue weighted by atomic mass is 32.2. The first kappa shape index (κ1) is 16.8. The molecule has 0 aromatic heterocycles. The van der Waals surface area contributed by atoms with Crippen molar-refractivity contribution in [2.24, 2.45) is 0 Å². The van der Waals surface area contributed by atoms with Crippen LogP contribution in [0, 0.1) is 11.3 Å². The lowest BCUT2D eigenvalue weighted by atomic mass is 10.1. The molecule has 0 bridgehead atoms. The number of hydrogen-bond acceptors (Lipinski definition) is 5. The molecule has 4 nitrogen and oxygen atoms in total. The van der Waals surface area contributed by atoms with Crippen molar-refractivity contribution in [2.45, 2.75) is 37.5 Å². The Kier molecular flexibility index (Phi) is 5.96. The van der Waals surface area contributed by atoms with E-state index in [0.29, 0.717) is 24.3 Å². The fourth-order valence-electron chi connectivity index (χ4n) is 3.34. The molecule has 0 amide bonds. The lowest BCUT2D eigenvalue weighted by Gasteiger charge is -2.32. The van der Waals surface area contributed by atoms with Gasteiger partial charge in [-0.2, -0.15) is 17.0 Å². The van der Waals surface area contributed by atoms with Crippen LogP contribution in [0.5, 0.6) is 0 Å². The molecular formula is C18H24N2O2S. The van der Waals surface area contributed by atoms with Gasteiger partial charge in [-0.25, -0.2) is 0 Å². The molecule has 23 heavy (non-hydrogen) atoms. The molecule has 2 heterocycles. The second-order valence-electron chi connectivity index (χ2n) is 6.36. The topological polar surface area (TPSA) is 56.5 Å². The third-order valence-electron chi connectivity index (χ3n) is 4.72. The summed E-state index contributed by atoms with van der Waals surface area (Å²) in [5.74, 6) is 2.35. The number of rotatable bonds is 6. The summed E-state index contributed by atoms with van der Waals surface area (Å²) in [6, 6.07) is 9.92. The van der Waals surface area contributed by atoms with Crippen LogP contribution in [0.25, 0.3) is 0 Å². The number of nitriles is 1. The first-order valence-electron chi connectivity index (χ1n) is 8.38. The molecular weight excluding hydrogens is 308 g/mol. The van der Waals surface area contributed by atoms with Gasteiger partial charge >= 0.3 is 0 Å². The second-order valence-corrected chi connectivity index (χ2v) is 7.51. The predicted octanol–water partition coefficient (Wildman–Crippen LogP) is 2.58. The van der Waals surface area contributed by atoms with Gasteiger partial charge in [0.05, 0.1) is 23.8 Å². The van der Waals surface area contributed by atoms with E-state index in [0.717, 1.165) is 37.3 Å². The maximum absolute atomic E-state index is 10.6. The Hall–Kier alpha value is -1.06. The van der Waals surface area contributed by atoms with Crippen LogP contribution in [-0.2, 0) is 4.74 Å². The molecule has 0 saturated carbocycles. The number of benzene rings is 1. The monoisotopic (exact) mass is 332 g/mol. The first-order valence-corrected chi connectivity index (χ1v) is 9.53. The summed E-state index contributed by atoms with van der Waals surface area (Å²) >= 11 is 2.00. The minimum atomic E-state index is -0.519. The average Bonchev–Trinajstić information content (AvgIpc) is 3.27. The predicted molar refractivity (Wildman–Crippen MR) is 92.4 cm³/mol. The van der Waals surface area contributed by atoms with Gasteiger partial charge in [-0.15, -0.1) is 0 Å². The van der Waals surface area contributed by atoms with Crippen LogP contribution in [0.1, 0.15) is 36.5 Å². The lowest BCUT2D eigenvalue weighted by molar-refractivity contribution is 0.0344. The van der Waals surface area contributed by atoms with Crippen LogP contribution in [0.15, 0.2) is 24.3 Å². The maximum atomic E-state index is 10.6. The summed E-state index contributed by atoms with van der Waals surface area (Å²) in [6.07, 6.45) is 3.26. The molecule has 2 saturated heterocycles. The summed E-state index contributed by atoms with van der Waals surface area (Å²) in [6.45, 7) is 2.42. The number of nitrogens with zero attached hydrogens (tertiary/aromatic N) is 2. The summed E-state index contributed by atoms with van der Waals surface area (Å²) < 4.78 is 5.79. The van der Waals surface area contributed by atoms with Gasteiger partial charge in [-0.3, -0.25) is 4.90 Å². The van der Waals surface area contributed by atoms with E-state index in [1.165, 1.54) is 12.2 Å². The highest BCUT2D eigenvalue weighted by molar-refractivity contribution is 7.99. The number of ether oxygens (including phenoxy) is 1. The molecule has 1 N–H and O–H groups in total. The fourth-order valence-corrected chi connectivity index (χ4v) is 4.59. The van der Waals surface area contributed by atoms with E-state index in [4.69, 9.17) is 10.00 Å². The van der Waals surface area contributed by atoms with Gasteiger partial charge < -0.3 is 9.84 Å². The van der Waals surface area contributed by atoms with E-state index in [1.54, 1.807) is 12.1 Å². The molecule has 0 radical (unpaired) electrons. The van der Waals surface area contributed by atoms with Crippen LogP contribution >= 0.6 is 11.8 Å². The van der Waals surface area contributed by atoms with Crippen molar-refractivity contribution in [3.05, 3.63) is 35.4 Å². The fraction of sp³-hybridized carbons (Fsp3) is 0.611. The van der Waals surface area contributed by atoms with Crippen LogP contribution in [0.2, 0.25) is 0 Å². The summed E-state index contributed by atoms with van der Waals surface area (Å²) in [5, 5.41) is 19.5. The third kappa shape index (κ3) is 4.48. The van der Waals surface area contributed by atoms with Crippen molar-refractivity contribution in [1.29, 1.82) is 5.26 Å². The van der Waals surface area contributed by atoms with Crippen molar-refractivity contribution < 1.29 is 9.84 Å². The van der Waals surface area contributed by atoms with Crippen molar-refractivity contribution in [2.75, 3.05) is 31.2 Å². The van der Waals surface area contributed by atoms with Gasteiger partial charge in [0, 0.05) is 31.5 Å². The second kappa shape index (κ2) is 8.16. The van der Waals surface area contributed by atoms with E-state index in [-0.39, 0.29) is 0 Å². The molecule has 1 aromatic rings. The van der Waals surface area contributed by atoms with Gasteiger partial charge in [0.15, 0.2) is 0 Å². The Labute approximate surface area is 142 Å². The molecule has 124 valence electrons. The van der Waals surface area contributed by atoms with Crippen molar-refractivity contribution in [1.82, 2.24) is 4.90 Å². The van der Waals surface area contributed by atoms with E-state index in [2.05, 4.69) is 11.0 Å². The Balaban J connectivity index is 1.64. The van der Waals surface area contributed by atoms with E-state index in [1.807, 2.05) is 23.9 Å². The minimum absolute atomic E-state index is 0.314. The van der Waals surface area contributed by atoms with Crippen molar-refractivity contribution in [3.8, 4) is 6.07 Å². The molecule has 5 heteroatoms. The third-order valence-corrected chi connectivity index (χ3v) is 5.86. The quantitative estimate of drug-likeness (QED) is 0.868. The van der Waals surface area contributed by atoms with Crippen LogP contribution < -0.4 is 0 Å². The highest BCUT2D eigenvalue weighted by Gasteiger charge is 2.28. The van der Waals surface area contributed by atoms with Gasteiger partial charge in [0.1, 0.15) is 0 Å². The van der Waals surface area contributed by atoms with Gasteiger partial charge in [0.2, 0.25) is 0 Å². The summed E-state index contributed by atoms with van der Waals surface area (Å²) in [5.41, 5.74) is 1.51. The van der Waals surface area contributed by atoms with Crippen molar-refractivity contribution in [3.63, 3.8) is 0 Å². The van der Waals surface area contributed by atoms with E-state index in [9.17, 15) is 5.11 Å². The zero-order chi connectivity index (χ0) is 16.1. The standard InChI is InChI=1S/C18H24N2O2S/c19-10-14-3-5-15(6-4-14)18(21)12-20(16-7-9-23-13-16)11-17-2-1-8-22-17/h3-6,16-18,21H,1-2,7-9,11-13H2. The molecule has 3 atom stereocenters. The smallest absolute Gasteiger partial charge is 0.0991 e. The Morgan fingerprint density at radius 2 is 2.17 bits per heavy atom. The highest BCUT2D eigenvalue weighted by Crippen LogP contribution is 2.26. The van der Waals surface area contributed by atoms with E-state index >= 15 is 0 Å². The Morgan fingerprint density at radius 1 is 1.35 bits per heavy atom. The summed E-state index contributed by atoms with van der Waals surface area (Å²) in [7, 11) is 0. The molecule has 2 fully saturated rings. The largest absolute Gasteiger partial charge is 0.387 e. The first-order chi connectivity index (χ1) is 11.3. The average molecular weight is 332 g/mol. The van der Waals surface area contributed by atoms with Gasteiger partial charge in [0.25, 0.3) is 0 Å². The molecule has 0 aliphatic carbocycles. The van der Waals surface area contributed by atoms with Gasteiger partial charge in [-0.05, 0) is 42.7 Å². The number of thioether (sulfide) groups is 1. The zero-order valence-electron chi connectivity index (χ0n) is 13.4. The van der Waals surface area contributed by atoms with Crippen LogP contribution in [-0.4, -0.2) is 53.4 Å². The zero-order valence-corrected chi connectivity index (χ0v) is 14.2. The number of aliphatic hydroxyl groups excluding tert-OH is 1. The maximum Gasteiger partial charge on any atom is 0.0991 e. The van der Waals surface area contributed by atoms with Crippen LogP contribution in [0.3, 0.4) is 0 Å². The van der Waals surface area contributed by atoms with Gasteiger partial charge in [-0.1, -0.05) is 12.1 Å². The SMILES string of the molecule is N#Cc1ccc(C(O)CN(CC2CCCO2)C2CCSC2)cc1.